The van der Waals surface area contributed by atoms with Gasteiger partial charge in [0.25, 0.3) is 0 Å². The van der Waals surface area contributed by atoms with Gasteiger partial charge in [-0.05, 0) is 19.3 Å². The molecule has 0 aromatic carbocycles. The molecule has 176 valence electrons. The number of rotatable bonds is 21. The maximum atomic E-state index is 12.0. The second kappa shape index (κ2) is 20.7. The minimum atomic E-state index is -0.975. The van der Waals surface area contributed by atoms with Crippen LogP contribution in [0.25, 0.3) is 0 Å². The van der Waals surface area contributed by atoms with E-state index in [0.717, 1.165) is 51.0 Å². The summed E-state index contributed by atoms with van der Waals surface area (Å²) in [6.45, 7) is 4.35. The highest BCUT2D eigenvalue weighted by Crippen LogP contribution is 2.15. The van der Waals surface area contributed by atoms with E-state index in [2.05, 4.69) is 13.8 Å². The Labute approximate surface area is 184 Å². The summed E-state index contributed by atoms with van der Waals surface area (Å²) in [5, 5.41) is 18.9. The zero-order valence-electron chi connectivity index (χ0n) is 19.5. The molecule has 0 rings (SSSR count). The second-order valence-electron chi connectivity index (χ2n) is 8.43. The van der Waals surface area contributed by atoms with Crippen molar-refractivity contribution >= 4 is 11.9 Å². The lowest BCUT2D eigenvalue weighted by Crippen LogP contribution is -2.21. The van der Waals surface area contributed by atoms with E-state index in [1.54, 1.807) is 0 Å². The Hall–Kier alpha value is -1.52. The van der Waals surface area contributed by atoms with E-state index < -0.39 is 18.0 Å². The third-order valence-electron chi connectivity index (χ3n) is 5.39. The molecule has 0 aliphatic heterocycles. The van der Waals surface area contributed by atoms with Gasteiger partial charge in [0.15, 0.2) is 0 Å². The molecule has 0 saturated carbocycles. The zero-order valence-corrected chi connectivity index (χ0v) is 19.5. The van der Waals surface area contributed by atoms with E-state index in [4.69, 9.17) is 9.84 Å². The van der Waals surface area contributed by atoms with Crippen molar-refractivity contribution in [3.8, 4) is 0 Å². The highest BCUT2D eigenvalue weighted by Gasteiger charge is 2.17. The van der Waals surface area contributed by atoms with Gasteiger partial charge in [-0.3, -0.25) is 4.79 Å². The van der Waals surface area contributed by atoms with Gasteiger partial charge in [-0.1, -0.05) is 97.3 Å². The van der Waals surface area contributed by atoms with Crippen LogP contribution >= 0.6 is 0 Å². The molecule has 0 amide bonds. The van der Waals surface area contributed by atoms with Crippen molar-refractivity contribution in [2.45, 2.75) is 136 Å². The van der Waals surface area contributed by atoms with Crippen molar-refractivity contribution in [1.29, 1.82) is 0 Å². The Kier molecular flexibility index (Phi) is 19.7. The third-order valence-corrected chi connectivity index (χ3v) is 5.39. The van der Waals surface area contributed by atoms with E-state index >= 15 is 0 Å². The Bertz CT molecular complexity index is 458. The maximum Gasteiger partial charge on any atom is 0.334 e. The number of hydrogen-bond donors (Lipinski definition) is 2. The molecule has 30 heavy (non-hydrogen) atoms. The number of carboxylic acids is 1. The number of carbonyl (C=O) groups is 2. The molecule has 1 unspecified atom stereocenters. The van der Waals surface area contributed by atoms with Crippen LogP contribution in [0.3, 0.4) is 0 Å². The van der Waals surface area contributed by atoms with Crippen LogP contribution in [0.2, 0.25) is 0 Å². The van der Waals surface area contributed by atoms with Gasteiger partial charge in [-0.25, -0.2) is 4.79 Å². The van der Waals surface area contributed by atoms with Gasteiger partial charge < -0.3 is 14.9 Å². The van der Waals surface area contributed by atoms with Crippen LogP contribution in [0, 0.1) is 0 Å². The predicted molar refractivity (Wildman–Crippen MR) is 123 cm³/mol. The van der Waals surface area contributed by atoms with Gasteiger partial charge in [-0.2, -0.15) is 0 Å². The average Bonchev–Trinajstić information content (AvgIpc) is 2.68. The zero-order chi connectivity index (χ0) is 22.5. The van der Waals surface area contributed by atoms with Crippen LogP contribution < -0.4 is 0 Å². The van der Waals surface area contributed by atoms with E-state index in [9.17, 15) is 14.7 Å². The first-order chi connectivity index (χ1) is 14.5. The SMILES string of the molecule is CCCCCCCCCCCCCC(O)=CC(=O)OC(CCCCCC)CC(=O)O. The van der Waals surface area contributed by atoms with Gasteiger partial charge in [0.05, 0.1) is 18.3 Å². The van der Waals surface area contributed by atoms with E-state index in [1.807, 2.05) is 0 Å². The number of aliphatic hydroxyl groups excluding tert-OH is 1. The fourth-order valence-corrected chi connectivity index (χ4v) is 3.57. The first kappa shape index (κ1) is 28.5. The lowest BCUT2D eigenvalue weighted by molar-refractivity contribution is -0.148. The Balaban J connectivity index is 3.91. The van der Waals surface area contributed by atoms with Crippen LogP contribution in [0.4, 0.5) is 0 Å². The molecule has 5 nitrogen and oxygen atoms in total. The van der Waals surface area contributed by atoms with Crippen molar-refractivity contribution in [3.05, 3.63) is 11.8 Å². The van der Waals surface area contributed by atoms with Crippen molar-refractivity contribution in [1.82, 2.24) is 0 Å². The molecule has 0 aromatic heterocycles. The number of hydrogen-bond acceptors (Lipinski definition) is 4. The molecular weight excluding hydrogens is 380 g/mol. The molecule has 0 radical (unpaired) electrons. The fraction of sp³-hybridized carbons (Fsp3) is 0.840. The minimum absolute atomic E-state index is 0.0241. The van der Waals surface area contributed by atoms with Gasteiger partial charge in [-0.15, -0.1) is 0 Å². The summed E-state index contributed by atoms with van der Waals surface area (Å²) >= 11 is 0. The molecule has 1 atom stereocenters. The summed E-state index contributed by atoms with van der Waals surface area (Å²) in [6.07, 6.45) is 18.9. The van der Waals surface area contributed by atoms with Crippen molar-refractivity contribution in [2.75, 3.05) is 0 Å². The smallest absolute Gasteiger partial charge is 0.334 e. The highest BCUT2D eigenvalue weighted by molar-refractivity contribution is 5.82. The summed E-state index contributed by atoms with van der Waals surface area (Å²) in [6, 6.07) is 0. The quantitative estimate of drug-likeness (QED) is 0.0859. The molecule has 5 heteroatoms. The third kappa shape index (κ3) is 19.8. The van der Waals surface area contributed by atoms with Crippen LogP contribution in [0.15, 0.2) is 11.8 Å². The summed E-state index contributed by atoms with van der Waals surface area (Å²) in [4.78, 5) is 23.0. The van der Waals surface area contributed by atoms with Gasteiger partial charge in [0.2, 0.25) is 0 Å². The largest absolute Gasteiger partial charge is 0.512 e. The van der Waals surface area contributed by atoms with Gasteiger partial charge >= 0.3 is 11.9 Å². The first-order valence-electron chi connectivity index (χ1n) is 12.3. The molecule has 0 spiro atoms. The Morgan fingerprint density at radius 3 is 1.70 bits per heavy atom. The molecule has 0 aliphatic carbocycles. The number of allylic oxidation sites excluding steroid dienone is 1. The summed E-state index contributed by atoms with van der Waals surface area (Å²) in [5.74, 6) is -1.59. The number of unbranched alkanes of at least 4 members (excludes halogenated alkanes) is 13. The molecule has 0 fully saturated rings. The number of aliphatic carboxylic acids is 1. The number of ether oxygens (including phenoxy) is 1. The van der Waals surface area contributed by atoms with Crippen molar-refractivity contribution in [3.63, 3.8) is 0 Å². The number of aliphatic hydroxyl groups is 1. The van der Waals surface area contributed by atoms with Gasteiger partial charge in [0, 0.05) is 6.42 Å². The van der Waals surface area contributed by atoms with E-state index in [1.165, 1.54) is 51.4 Å². The normalized spacial score (nSPS) is 12.7. The van der Waals surface area contributed by atoms with Crippen LogP contribution in [0.5, 0.6) is 0 Å². The average molecular weight is 427 g/mol. The standard InChI is InChI=1S/C25H46O5/c1-3-5-7-9-10-11-12-13-14-15-16-18-22(26)20-25(29)30-23(21-24(27)28)19-17-8-6-4-2/h20,23,26H,3-19,21H2,1-2H3,(H,27,28). The summed E-state index contributed by atoms with van der Waals surface area (Å²) in [5.41, 5.74) is 0. The Morgan fingerprint density at radius 2 is 1.20 bits per heavy atom. The van der Waals surface area contributed by atoms with E-state index in [0.29, 0.717) is 12.8 Å². The number of esters is 1. The second-order valence-corrected chi connectivity index (χ2v) is 8.43. The van der Waals surface area contributed by atoms with Crippen LogP contribution in [0.1, 0.15) is 129 Å². The monoisotopic (exact) mass is 426 g/mol. The lowest BCUT2D eigenvalue weighted by atomic mass is 10.0. The number of carbonyl (C=O) groups excluding carboxylic acids is 1. The molecule has 0 saturated heterocycles. The molecule has 0 heterocycles. The van der Waals surface area contributed by atoms with Gasteiger partial charge in [0.1, 0.15) is 6.10 Å². The molecule has 2 N–H and O–H groups in total. The molecular formula is C25H46O5. The minimum Gasteiger partial charge on any atom is -0.512 e. The predicted octanol–water partition coefficient (Wildman–Crippen LogP) is 7.49. The fourth-order valence-electron chi connectivity index (χ4n) is 3.57. The Morgan fingerprint density at radius 1 is 0.733 bits per heavy atom. The topological polar surface area (TPSA) is 83.8 Å². The molecule has 0 aromatic rings. The summed E-state index contributed by atoms with van der Waals surface area (Å²) in [7, 11) is 0. The molecule has 0 aliphatic rings. The first-order valence-corrected chi connectivity index (χ1v) is 12.3. The van der Waals surface area contributed by atoms with Crippen LogP contribution in [-0.2, 0) is 14.3 Å². The maximum absolute atomic E-state index is 12.0. The summed E-state index contributed by atoms with van der Waals surface area (Å²) < 4.78 is 5.26. The van der Waals surface area contributed by atoms with Crippen molar-refractivity contribution < 1.29 is 24.5 Å². The highest BCUT2D eigenvalue weighted by atomic mass is 16.5. The van der Waals surface area contributed by atoms with Crippen molar-refractivity contribution in [2.24, 2.45) is 0 Å². The number of carboxylic acid groups (broad SMARTS) is 1. The lowest BCUT2D eigenvalue weighted by Gasteiger charge is -2.15. The van der Waals surface area contributed by atoms with E-state index in [-0.39, 0.29) is 12.2 Å². The molecule has 0 bridgehead atoms. The van der Waals surface area contributed by atoms with Crippen LogP contribution in [-0.4, -0.2) is 28.3 Å².